The molecule has 1 aliphatic carbocycles. The van der Waals surface area contributed by atoms with Crippen LogP contribution in [0.4, 0.5) is 0 Å². The lowest BCUT2D eigenvalue weighted by Crippen LogP contribution is -2.31. The minimum absolute atomic E-state index is 0.0246. The molecular weight excluding hydrogens is 302 g/mol. The van der Waals surface area contributed by atoms with Gasteiger partial charge in [0.25, 0.3) is 0 Å². The molecule has 0 aliphatic heterocycles. The molecule has 1 aromatic carbocycles. The van der Waals surface area contributed by atoms with Crippen LogP contribution in [0.25, 0.3) is 0 Å². The van der Waals surface area contributed by atoms with Crippen LogP contribution in [-0.4, -0.2) is 20.7 Å². The number of halogens is 1. The maximum absolute atomic E-state index is 11.6. The molecule has 17 heavy (non-hydrogen) atoms. The SMILES string of the molecule is CC(N)C1(c2cc(Br)cc(S(C)(=O)=O)c2)CC1. The molecule has 3 nitrogen and oxygen atoms in total. The molecule has 2 rings (SSSR count). The van der Waals surface area contributed by atoms with Crippen LogP contribution in [-0.2, 0) is 15.3 Å². The van der Waals surface area contributed by atoms with Crippen molar-refractivity contribution in [3.05, 3.63) is 28.2 Å². The van der Waals surface area contributed by atoms with Gasteiger partial charge in [0, 0.05) is 22.2 Å². The molecule has 1 atom stereocenters. The highest BCUT2D eigenvalue weighted by molar-refractivity contribution is 9.10. The normalized spacial score (nSPS) is 20.0. The van der Waals surface area contributed by atoms with Crippen molar-refractivity contribution in [2.45, 2.75) is 36.1 Å². The van der Waals surface area contributed by atoms with Crippen LogP contribution in [0.15, 0.2) is 27.6 Å². The van der Waals surface area contributed by atoms with Gasteiger partial charge in [0.15, 0.2) is 9.84 Å². The zero-order chi connectivity index (χ0) is 12.8. The standard InChI is InChI=1S/C12H16BrNO2S/c1-8(14)12(3-4-12)9-5-10(13)7-11(6-9)17(2,15)16/h5-8H,3-4,14H2,1-2H3. The van der Waals surface area contributed by atoms with E-state index in [0.717, 1.165) is 22.9 Å². The number of rotatable bonds is 3. The van der Waals surface area contributed by atoms with Gasteiger partial charge >= 0.3 is 0 Å². The first-order chi connectivity index (χ1) is 7.75. The zero-order valence-electron chi connectivity index (χ0n) is 9.90. The Labute approximate surface area is 110 Å². The predicted octanol–water partition coefficient (Wildman–Crippen LogP) is 2.23. The minimum atomic E-state index is -3.18. The number of benzene rings is 1. The third-order valence-corrected chi connectivity index (χ3v) is 5.08. The van der Waals surface area contributed by atoms with E-state index in [1.807, 2.05) is 13.0 Å². The van der Waals surface area contributed by atoms with Crippen molar-refractivity contribution < 1.29 is 8.42 Å². The van der Waals surface area contributed by atoms with Crippen molar-refractivity contribution in [2.24, 2.45) is 5.73 Å². The van der Waals surface area contributed by atoms with Crippen LogP contribution >= 0.6 is 15.9 Å². The van der Waals surface area contributed by atoms with Crippen LogP contribution in [0, 0.1) is 0 Å². The minimum Gasteiger partial charge on any atom is -0.327 e. The van der Waals surface area contributed by atoms with E-state index in [-0.39, 0.29) is 11.5 Å². The van der Waals surface area contributed by atoms with E-state index < -0.39 is 9.84 Å². The Bertz CT molecular complexity index is 548. The highest BCUT2D eigenvalue weighted by atomic mass is 79.9. The molecule has 5 heteroatoms. The quantitative estimate of drug-likeness (QED) is 0.930. The van der Waals surface area contributed by atoms with E-state index in [2.05, 4.69) is 15.9 Å². The first kappa shape index (κ1) is 13.1. The molecule has 1 saturated carbocycles. The van der Waals surface area contributed by atoms with Gasteiger partial charge in [-0.1, -0.05) is 15.9 Å². The lowest BCUT2D eigenvalue weighted by atomic mass is 9.90. The summed E-state index contributed by atoms with van der Waals surface area (Å²) >= 11 is 3.37. The van der Waals surface area contributed by atoms with Gasteiger partial charge in [-0.25, -0.2) is 8.42 Å². The first-order valence-electron chi connectivity index (χ1n) is 5.52. The van der Waals surface area contributed by atoms with E-state index in [9.17, 15) is 8.42 Å². The molecule has 0 heterocycles. The summed E-state index contributed by atoms with van der Waals surface area (Å²) in [7, 11) is -3.18. The third-order valence-electron chi connectivity index (χ3n) is 3.53. The van der Waals surface area contributed by atoms with Crippen molar-refractivity contribution in [1.82, 2.24) is 0 Å². The molecule has 0 aromatic heterocycles. The summed E-state index contributed by atoms with van der Waals surface area (Å²) in [5.41, 5.74) is 7.01. The van der Waals surface area contributed by atoms with Gasteiger partial charge in [-0.3, -0.25) is 0 Å². The number of nitrogens with two attached hydrogens (primary N) is 1. The van der Waals surface area contributed by atoms with Gasteiger partial charge in [-0.05, 0) is 43.5 Å². The van der Waals surface area contributed by atoms with E-state index in [0.29, 0.717) is 4.90 Å². The summed E-state index contributed by atoms with van der Waals surface area (Å²) in [4.78, 5) is 0.355. The summed E-state index contributed by atoms with van der Waals surface area (Å²) in [6.45, 7) is 1.98. The van der Waals surface area contributed by atoms with Crippen molar-refractivity contribution in [1.29, 1.82) is 0 Å². The third kappa shape index (κ3) is 2.41. The number of hydrogen-bond acceptors (Lipinski definition) is 3. The van der Waals surface area contributed by atoms with Crippen LogP contribution in [0.3, 0.4) is 0 Å². The second-order valence-corrected chi connectivity index (χ2v) is 7.82. The van der Waals surface area contributed by atoms with Crippen LogP contribution in [0.2, 0.25) is 0 Å². The van der Waals surface area contributed by atoms with Crippen LogP contribution in [0.1, 0.15) is 25.3 Å². The molecule has 1 aromatic rings. The van der Waals surface area contributed by atoms with E-state index in [1.165, 1.54) is 6.26 Å². The maximum atomic E-state index is 11.6. The van der Waals surface area contributed by atoms with Gasteiger partial charge in [0.1, 0.15) is 0 Å². The van der Waals surface area contributed by atoms with Gasteiger partial charge in [-0.2, -0.15) is 0 Å². The Morgan fingerprint density at radius 3 is 2.35 bits per heavy atom. The van der Waals surface area contributed by atoms with Crippen LogP contribution in [0.5, 0.6) is 0 Å². The Hall–Kier alpha value is -0.390. The topological polar surface area (TPSA) is 60.2 Å². The Kier molecular flexibility index (Phi) is 3.13. The number of hydrogen-bond donors (Lipinski definition) is 1. The molecule has 0 radical (unpaired) electrons. The fraction of sp³-hybridized carbons (Fsp3) is 0.500. The second-order valence-electron chi connectivity index (χ2n) is 4.89. The summed E-state index contributed by atoms with van der Waals surface area (Å²) in [5.74, 6) is 0. The molecule has 0 amide bonds. The summed E-state index contributed by atoms with van der Waals surface area (Å²) in [6, 6.07) is 5.42. The van der Waals surface area contributed by atoms with Crippen molar-refractivity contribution >= 4 is 25.8 Å². The summed E-state index contributed by atoms with van der Waals surface area (Å²) in [6.07, 6.45) is 3.29. The molecule has 0 spiro atoms. The Morgan fingerprint density at radius 1 is 1.35 bits per heavy atom. The maximum Gasteiger partial charge on any atom is 0.175 e. The molecule has 1 fully saturated rings. The van der Waals surface area contributed by atoms with Crippen LogP contribution < -0.4 is 5.73 Å². The fourth-order valence-corrected chi connectivity index (χ4v) is 3.53. The highest BCUT2D eigenvalue weighted by Gasteiger charge is 2.47. The first-order valence-corrected chi connectivity index (χ1v) is 8.21. The average molecular weight is 318 g/mol. The fourth-order valence-electron chi connectivity index (χ4n) is 2.21. The largest absolute Gasteiger partial charge is 0.327 e. The van der Waals surface area contributed by atoms with E-state index in [1.54, 1.807) is 12.1 Å². The monoisotopic (exact) mass is 317 g/mol. The van der Waals surface area contributed by atoms with E-state index in [4.69, 9.17) is 5.73 Å². The second kappa shape index (κ2) is 4.07. The van der Waals surface area contributed by atoms with E-state index >= 15 is 0 Å². The van der Waals surface area contributed by atoms with Gasteiger partial charge < -0.3 is 5.73 Å². The highest BCUT2D eigenvalue weighted by Crippen LogP contribution is 2.51. The smallest absolute Gasteiger partial charge is 0.175 e. The van der Waals surface area contributed by atoms with Crippen molar-refractivity contribution in [2.75, 3.05) is 6.26 Å². The lowest BCUT2D eigenvalue weighted by molar-refractivity contribution is 0.554. The molecule has 94 valence electrons. The van der Waals surface area contributed by atoms with Gasteiger partial charge in [0.05, 0.1) is 4.90 Å². The predicted molar refractivity (Wildman–Crippen MR) is 71.8 cm³/mol. The lowest BCUT2D eigenvalue weighted by Gasteiger charge is -2.21. The van der Waals surface area contributed by atoms with Crippen molar-refractivity contribution in [3.63, 3.8) is 0 Å². The van der Waals surface area contributed by atoms with Gasteiger partial charge in [-0.15, -0.1) is 0 Å². The van der Waals surface area contributed by atoms with Gasteiger partial charge in [0.2, 0.25) is 0 Å². The van der Waals surface area contributed by atoms with Crippen molar-refractivity contribution in [3.8, 4) is 0 Å². The molecule has 1 aliphatic rings. The average Bonchev–Trinajstić information content (AvgIpc) is 2.95. The molecule has 2 N–H and O–H groups in total. The summed E-state index contributed by atoms with van der Waals surface area (Å²) in [5, 5.41) is 0. The summed E-state index contributed by atoms with van der Waals surface area (Å²) < 4.78 is 24.0. The molecular formula is C12H16BrNO2S. The zero-order valence-corrected chi connectivity index (χ0v) is 12.3. The molecule has 0 saturated heterocycles. The molecule has 0 bridgehead atoms. The molecule has 1 unspecified atom stereocenters. The number of sulfone groups is 1. The Morgan fingerprint density at radius 2 is 1.94 bits per heavy atom. The Balaban J connectivity index is 2.54.